The van der Waals surface area contributed by atoms with E-state index in [1.54, 1.807) is 0 Å². The number of halogens is 5. The number of nitrogens with one attached hydrogen (secondary N) is 1. The van der Waals surface area contributed by atoms with Gasteiger partial charge in [0.25, 0.3) is 5.92 Å². The van der Waals surface area contributed by atoms with E-state index in [0.29, 0.717) is 55.4 Å². The predicted molar refractivity (Wildman–Crippen MR) is 142 cm³/mol. The summed E-state index contributed by atoms with van der Waals surface area (Å²) in [7, 11) is -4.67. The Morgan fingerprint density at radius 3 is 2.02 bits per heavy atom. The lowest BCUT2D eigenvalue weighted by molar-refractivity contribution is -0.145. The highest BCUT2D eigenvalue weighted by Gasteiger charge is 2.50. The van der Waals surface area contributed by atoms with Gasteiger partial charge in [0.15, 0.2) is 6.04 Å². The summed E-state index contributed by atoms with van der Waals surface area (Å²) in [5.41, 5.74) is 3.76. The molecule has 2 aromatic carbocycles. The largest absolute Gasteiger partial charge is 0.493 e. The Morgan fingerprint density at radius 2 is 1.46 bits per heavy atom. The van der Waals surface area contributed by atoms with Crippen LogP contribution in [0.3, 0.4) is 0 Å². The Morgan fingerprint density at radius 1 is 0.902 bits per heavy atom. The number of nitrogens with zero attached hydrogens (tertiary/aromatic N) is 1. The molecule has 1 amide bonds. The van der Waals surface area contributed by atoms with Crippen molar-refractivity contribution >= 4 is 15.9 Å². The van der Waals surface area contributed by atoms with Crippen LogP contribution in [-0.4, -0.2) is 51.0 Å². The van der Waals surface area contributed by atoms with E-state index < -0.39 is 45.2 Å². The van der Waals surface area contributed by atoms with Gasteiger partial charge in [-0.05, 0) is 68.0 Å². The van der Waals surface area contributed by atoms with Gasteiger partial charge in [0.05, 0.1) is 17.1 Å². The van der Waals surface area contributed by atoms with Crippen LogP contribution in [0.4, 0.5) is 22.0 Å². The summed E-state index contributed by atoms with van der Waals surface area (Å²) in [5, 5.41) is 0. The van der Waals surface area contributed by atoms with Crippen molar-refractivity contribution in [3.05, 3.63) is 59.7 Å². The molecule has 0 spiro atoms. The van der Waals surface area contributed by atoms with E-state index in [-0.39, 0.29) is 24.0 Å². The van der Waals surface area contributed by atoms with Gasteiger partial charge >= 0.3 is 6.18 Å². The molecular formula is C28H34F5N3O4S. The highest BCUT2D eigenvalue weighted by Crippen LogP contribution is 2.37. The molecule has 1 atom stereocenters. The Bertz CT molecular complexity index is 1270. The van der Waals surface area contributed by atoms with Crippen molar-refractivity contribution in [1.29, 1.82) is 0 Å². The molecule has 226 valence electrons. The molecule has 1 saturated carbocycles. The first kappa shape index (κ1) is 31.2. The smallest absolute Gasteiger partial charge is 0.416 e. The number of hydrogen-bond donors (Lipinski definition) is 2. The lowest BCUT2D eigenvalue weighted by Gasteiger charge is -2.35. The van der Waals surface area contributed by atoms with Gasteiger partial charge < -0.3 is 15.4 Å². The molecule has 1 aliphatic heterocycles. The molecule has 2 aromatic rings. The first-order chi connectivity index (χ1) is 19.3. The second kappa shape index (κ2) is 12.6. The molecule has 2 aliphatic rings. The fourth-order valence-electron chi connectivity index (χ4n) is 5.14. The van der Waals surface area contributed by atoms with Gasteiger partial charge in [0.2, 0.25) is 15.9 Å². The van der Waals surface area contributed by atoms with Crippen LogP contribution in [0.5, 0.6) is 5.75 Å². The molecule has 0 aromatic heterocycles. The van der Waals surface area contributed by atoms with E-state index in [0.717, 1.165) is 30.6 Å². The second-order valence-corrected chi connectivity index (χ2v) is 12.4. The number of rotatable bonds is 9. The topological polar surface area (TPSA) is 102 Å². The second-order valence-electron chi connectivity index (χ2n) is 10.7. The maximum absolute atomic E-state index is 15.8. The summed E-state index contributed by atoms with van der Waals surface area (Å²) < 4.78 is 105. The predicted octanol–water partition coefficient (Wildman–Crippen LogP) is 5.05. The average Bonchev–Trinajstić information content (AvgIpc) is 2.95. The molecule has 1 unspecified atom stereocenters. The third-order valence-electron chi connectivity index (χ3n) is 7.68. The number of amides is 1. The first-order valence-electron chi connectivity index (χ1n) is 13.6. The van der Waals surface area contributed by atoms with E-state index in [2.05, 4.69) is 0 Å². The molecule has 2 fully saturated rings. The lowest BCUT2D eigenvalue weighted by atomic mass is 9.90. The standard InChI is InChI=1S/C28H34F5N3O4S/c29-27(30,20-6-8-21(9-7-20)28(31,32)33)25(26(37)36-16-14-22(34)15-17-36)35-41(38,39)24-12-10-23(11-13-24)40-18-19-4-2-1-3-5-19/h6-13,19,22,25,35H,1-5,14-18,34H2. The summed E-state index contributed by atoms with van der Waals surface area (Å²) in [6, 6.07) is 4.37. The average molecular weight is 604 g/mol. The van der Waals surface area contributed by atoms with Crippen LogP contribution in [0.1, 0.15) is 56.1 Å². The Labute approximate surface area is 236 Å². The molecule has 1 heterocycles. The third-order valence-corrected chi connectivity index (χ3v) is 9.11. The van der Waals surface area contributed by atoms with Crippen LogP contribution < -0.4 is 15.2 Å². The fraction of sp³-hybridized carbons (Fsp3) is 0.536. The minimum atomic E-state index is -4.76. The minimum Gasteiger partial charge on any atom is -0.493 e. The van der Waals surface area contributed by atoms with Crippen molar-refractivity contribution in [2.24, 2.45) is 11.7 Å². The molecule has 3 N–H and O–H groups in total. The number of likely N-dealkylation sites (tertiary alicyclic amines) is 1. The maximum atomic E-state index is 15.8. The van der Waals surface area contributed by atoms with Crippen LogP contribution in [0.2, 0.25) is 0 Å². The highest BCUT2D eigenvalue weighted by atomic mass is 32.2. The molecule has 0 radical (unpaired) electrons. The highest BCUT2D eigenvalue weighted by molar-refractivity contribution is 7.89. The Kier molecular flexibility index (Phi) is 9.59. The van der Waals surface area contributed by atoms with Crippen molar-refractivity contribution in [3.63, 3.8) is 0 Å². The molecule has 4 rings (SSSR count). The maximum Gasteiger partial charge on any atom is 0.416 e. The fourth-order valence-corrected chi connectivity index (χ4v) is 6.33. The summed E-state index contributed by atoms with van der Waals surface area (Å²) in [4.78, 5) is 14.1. The van der Waals surface area contributed by atoms with Crippen molar-refractivity contribution < 1.29 is 39.9 Å². The molecule has 41 heavy (non-hydrogen) atoms. The summed E-state index contributed by atoms with van der Waals surface area (Å²) in [6.07, 6.45) is 1.49. The Balaban J connectivity index is 1.56. The minimum absolute atomic E-state index is 0.0361. The quantitative estimate of drug-likeness (QED) is 0.391. The number of sulfonamides is 1. The van der Waals surface area contributed by atoms with Crippen LogP contribution >= 0.6 is 0 Å². The zero-order valence-electron chi connectivity index (χ0n) is 22.4. The number of carbonyl (C=O) groups is 1. The number of hydrogen-bond acceptors (Lipinski definition) is 5. The van der Waals surface area contributed by atoms with E-state index in [4.69, 9.17) is 10.5 Å². The molecular weight excluding hydrogens is 569 g/mol. The van der Waals surface area contributed by atoms with E-state index >= 15 is 8.78 Å². The normalized spacial score (nSPS) is 18.7. The molecule has 7 nitrogen and oxygen atoms in total. The van der Waals surface area contributed by atoms with Crippen molar-refractivity contribution in [2.45, 2.75) is 74.0 Å². The number of benzene rings is 2. The number of piperidine rings is 1. The zero-order valence-corrected chi connectivity index (χ0v) is 23.2. The van der Waals surface area contributed by atoms with E-state index in [9.17, 15) is 26.4 Å². The van der Waals surface area contributed by atoms with Gasteiger partial charge in [0, 0.05) is 24.7 Å². The van der Waals surface area contributed by atoms with Crippen LogP contribution in [0.15, 0.2) is 53.4 Å². The molecule has 1 aliphatic carbocycles. The molecule has 13 heteroatoms. The third kappa shape index (κ3) is 7.75. The zero-order chi connectivity index (χ0) is 29.8. The van der Waals surface area contributed by atoms with Crippen LogP contribution in [-0.2, 0) is 26.9 Å². The lowest BCUT2D eigenvalue weighted by Crippen LogP contribution is -2.58. The SMILES string of the molecule is NC1CCN(C(=O)C(NS(=O)(=O)c2ccc(OCC3CCCCC3)cc2)C(F)(F)c2ccc(C(F)(F)F)cc2)CC1. The van der Waals surface area contributed by atoms with Crippen molar-refractivity contribution in [1.82, 2.24) is 9.62 Å². The van der Waals surface area contributed by atoms with Crippen LogP contribution in [0, 0.1) is 5.92 Å². The van der Waals surface area contributed by atoms with Gasteiger partial charge in [-0.25, -0.2) is 8.42 Å². The summed E-state index contributed by atoms with van der Waals surface area (Å²) in [6.45, 7) is 0.558. The number of nitrogens with two attached hydrogens (primary N) is 1. The van der Waals surface area contributed by atoms with Crippen molar-refractivity contribution in [2.75, 3.05) is 19.7 Å². The van der Waals surface area contributed by atoms with E-state index in [1.807, 2.05) is 4.72 Å². The Hall–Kier alpha value is -2.77. The number of ether oxygens (including phenoxy) is 1. The van der Waals surface area contributed by atoms with Gasteiger partial charge in [-0.2, -0.15) is 26.7 Å². The molecule has 1 saturated heterocycles. The summed E-state index contributed by atoms with van der Waals surface area (Å²) >= 11 is 0. The van der Waals surface area contributed by atoms with Gasteiger partial charge in [0.1, 0.15) is 5.75 Å². The summed E-state index contributed by atoms with van der Waals surface area (Å²) in [5.74, 6) is -4.55. The van der Waals surface area contributed by atoms with E-state index in [1.165, 1.54) is 30.7 Å². The first-order valence-corrected chi connectivity index (χ1v) is 15.1. The number of carbonyl (C=O) groups excluding carboxylic acids is 1. The monoisotopic (exact) mass is 603 g/mol. The van der Waals surface area contributed by atoms with Gasteiger partial charge in [-0.3, -0.25) is 4.79 Å². The van der Waals surface area contributed by atoms with Crippen molar-refractivity contribution in [3.8, 4) is 5.75 Å². The van der Waals surface area contributed by atoms with Gasteiger partial charge in [-0.1, -0.05) is 31.4 Å². The van der Waals surface area contributed by atoms with Gasteiger partial charge in [-0.15, -0.1) is 0 Å². The molecule has 0 bridgehead atoms. The van der Waals surface area contributed by atoms with Crippen LogP contribution in [0.25, 0.3) is 0 Å². The number of alkyl halides is 5.